The third-order valence-electron chi connectivity index (χ3n) is 3.76. The van der Waals surface area contributed by atoms with E-state index in [1.54, 1.807) is 19.2 Å². The first-order valence-corrected chi connectivity index (χ1v) is 7.56. The van der Waals surface area contributed by atoms with Gasteiger partial charge in [0.15, 0.2) is 11.5 Å². The third-order valence-corrected chi connectivity index (χ3v) is 3.76. The Morgan fingerprint density at radius 1 is 1.39 bits per heavy atom. The number of hydrogen-bond acceptors (Lipinski definition) is 4. The van der Waals surface area contributed by atoms with E-state index >= 15 is 0 Å². The lowest BCUT2D eigenvalue weighted by Gasteiger charge is -2.20. The highest BCUT2D eigenvalue weighted by Gasteiger charge is 2.30. The molecule has 1 aromatic carbocycles. The fourth-order valence-corrected chi connectivity index (χ4v) is 2.46. The fraction of sp³-hybridized carbons (Fsp3) is 0.500. The Balaban J connectivity index is 1.79. The van der Waals surface area contributed by atoms with E-state index in [2.05, 4.69) is 5.32 Å². The zero-order valence-electron chi connectivity index (χ0n) is 13.3. The second-order valence-corrected chi connectivity index (χ2v) is 5.54. The number of urea groups is 1. The largest absolute Gasteiger partial charge is 0.493 e. The summed E-state index contributed by atoms with van der Waals surface area (Å²) < 4.78 is 11.0. The number of carboxylic acids is 1. The average molecular weight is 322 g/mol. The Bertz CT molecular complexity index is 563. The van der Waals surface area contributed by atoms with Gasteiger partial charge in [-0.05, 0) is 25.5 Å². The summed E-state index contributed by atoms with van der Waals surface area (Å²) in [6, 6.07) is 7.04. The molecule has 0 radical (unpaired) electrons. The van der Waals surface area contributed by atoms with Crippen molar-refractivity contribution in [1.29, 1.82) is 0 Å². The molecule has 1 saturated heterocycles. The normalized spacial score (nSPS) is 18.3. The van der Waals surface area contributed by atoms with E-state index in [-0.39, 0.29) is 18.7 Å². The molecule has 23 heavy (non-hydrogen) atoms. The molecule has 1 aliphatic heterocycles. The lowest BCUT2D eigenvalue weighted by atomic mass is 10.1. The van der Waals surface area contributed by atoms with Gasteiger partial charge in [0.05, 0.1) is 19.6 Å². The molecule has 7 nitrogen and oxygen atoms in total. The van der Waals surface area contributed by atoms with Crippen LogP contribution >= 0.6 is 0 Å². The predicted octanol–water partition coefficient (Wildman–Crippen LogP) is 1.58. The smallest absolute Gasteiger partial charge is 0.317 e. The van der Waals surface area contributed by atoms with E-state index in [4.69, 9.17) is 14.6 Å². The zero-order valence-corrected chi connectivity index (χ0v) is 13.3. The van der Waals surface area contributed by atoms with E-state index < -0.39 is 11.9 Å². The monoisotopic (exact) mass is 322 g/mol. The number of hydrogen-bond donors (Lipinski definition) is 2. The van der Waals surface area contributed by atoms with Gasteiger partial charge in [-0.2, -0.15) is 0 Å². The highest BCUT2D eigenvalue weighted by molar-refractivity contribution is 5.77. The van der Waals surface area contributed by atoms with Crippen LogP contribution in [0.15, 0.2) is 24.3 Å². The minimum atomic E-state index is -0.854. The van der Waals surface area contributed by atoms with Gasteiger partial charge in [-0.3, -0.25) is 4.79 Å². The summed E-state index contributed by atoms with van der Waals surface area (Å²) in [6.45, 7) is 2.88. The van der Waals surface area contributed by atoms with Crippen molar-refractivity contribution in [3.63, 3.8) is 0 Å². The second kappa shape index (κ2) is 7.71. The van der Waals surface area contributed by atoms with Gasteiger partial charge in [0, 0.05) is 13.1 Å². The molecule has 2 rings (SSSR count). The van der Waals surface area contributed by atoms with Crippen LogP contribution in [0.3, 0.4) is 0 Å². The van der Waals surface area contributed by atoms with Crippen LogP contribution in [0.25, 0.3) is 0 Å². The van der Waals surface area contributed by atoms with Gasteiger partial charge in [-0.15, -0.1) is 0 Å². The molecule has 2 atom stereocenters. The molecule has 1 aromatic rings. The lowest BCUT2D eigenvalue weighted by Crippen LogP contribution is -2.42. The minimum absolute atomic E-state index is 0.242. The molecule has 7 heteroatoms. The quantitative estimate of drug-likeness (QED) is 0.830. The summed E-state index contributed by atoms with van der Waals surface area (Å²) >= 11 is 0. The summed E-state index contributed by atoms with van der Waals surface area (Å²) in [7, 11) is 1.57. The number of methoxy groups -OCH3 is 1. The Labute approximate surface area is 135 Å². The molecular weight excluding hydrogens is 300 g/mol. The molecule has 1 heterocycles. The maximum atomic E-state index is 12.0. The zero-order chi connectivity index (χ0) is 16.8. The van der Waals surface area contributed by atoms with Crippen molar-refractivity contribution >= 4 is 12.0 Å². The van der Waals surface area contributed by atoms with Crippen molar-refractivity contribution in [3.8, 4) is 11.5 Å². The first-order chi connectivity index (χ1) is 11.0. The van der Waals surface area contributed by atoms with Crippen LogP contribution in [-0.2, 0) is 4.79 Å². The molecule has 2 N–H and O–H groups in total. The highest BCUT2D eigenvalue weighted by atomic mass is 16.5. The number of amides is 2. The van der Waals surface area contributed by atoms with Crippen LogP contribution in [0.2, 0.25) is 0 Å². The van der Waals surface area contributed by atoms with Gasteiger partial charge >= 0.3 is 12.0 Å². The number of ether oxygens (including phenoxy) is 2. The lowest BCUT2D eigenvalue weighted by molar-refractivity contribution is -0.141. The van der Waals surface area contributed by atoms with E-state index in [1.165, 1.54) is 4.90 Å². The molecule has 2 unspecified atom stereocenters. The van der Waals surface area contributed by atoms with Crippen molar-refractivity contribution in [2.75, 3.05) is 26.7 Å². The number of nitrogens with zero attached hydrogens (tertiary/aromatic N) is 1. The molecule has 0 bridgehead atoms. The van der Waals surface area contributed by atoms with E-state index in [0.29, 0.717) is 31.0 Å². The average Bonchev–Trinajstić information content (AvgIpc) is 3.03. The van der Waals surface area contributed by atoms with Crippen molar-refractivity contribution in [2.45, 2.75) is 19.4 Å². The van der Waals surface area contributed by atoms with E-state index in [0.717, 1.165) is 0 Å². The standard InChI is InChI=1S/C16H22N2O5/c1-11(23-14-6-4-3-5-13(14)22-2)9-17-16(21)18-8-7-12(10-18)15(19)20/h3-6,11-12H,7-10H2,1-2H3,(H,17,21)(H,19,20). The maximum absolute atomic E-state index is 12.0. The number of carbonyl (C=O) groups is 2. The number of para-hydroxylation sites is 2. The van der Waals surface area contributed by atoms with Gasteiger partial charge in [0.1, 0.15) is 6.10 Å². The number of carboxylic acid groups (broad SMARTS) is 1. The first-order valence-electron chi connectivity index (χ1n) is 7.56. The third kappa shape index (κ3) is 4.51. The summed E-state index contributed by atoms with van der Waals surface area (Å²) in [5.74, 6) is -0.0745. The summed E-state index contributed by atoms with van der Waals surface area (Å²) in [4.78, 5) is 24.5. The van der Waals surface area contributed by atoms with Gasteiger partial charge in [-0.1, -0.05) is 12.1 Å². The van der Waals surface area contributed by atoms with E-state index in [1.807, 2.05) is 19.1 Å². The van der Waals surface area contributed by atoms with Crippen molar-refractivity contribution < 1.29 is 24.2 Å². The highest BCUT2D eigenvalue weighted by Crippen LogP contribution is 2.26. The van der Waals surface area contributed by atoms with Crippen molar-refractivity contribution in [1.82, 2.24) is 10.2 Å². The van der Waals surface area contributed by atoms with Crippen LogP contribution in [0.5, 0.6) is 11.5 Å². The molecule has 126 valence electrons. The van der Waals surface area contributed by atoms with Crippen LogP contribution in [-0.4, -0.2) is 54.9 Å². The van der Waals surface area contributed by atoms with Gasteiger partial charge in [0.25, 0.3) is 0 Å². The first kappa shape index (κ1) is 16.9. The number of rotatable bonds is 6. The maximum Gasteiger partial charge on any atom is 0.317 e. The van der Waals surface area contributed by atoms with Crippen LogP contribution in [0, 0.1) is 5.92 Å². The molecule has 1 fully saturated rings. The number of aliphatic carboxylic acids is 1. The Hall–Kier alpha value is -2.44. The van der Waals surface area contributed by atoms with Crippen LogP contribution < -0.4 is 14.8 Å². The van der Waals surface area contributed by atoms with Gasteiger partial charge in [0.2, 0.25) is 0 Å². The van der Waals surface area contributed by atoms with Gasteiger partial charge in [-0.25, -0.2) is 4.79 Å². The van der Waals surface area contributed by atoms with Crippen LogP contribution in [0.4, 0.5) is 4.79 Å². The number of carbonyl (C=O) groups excluding carboxylic acids is 1. The number of likely N-dealkylation sites (tertiary alicyclic amines) is 1. The second-order valence-electron chi connectivity index (χ2n) is 5.54. The Kier molecular flexibility index (Phi) is 5.67. The van der Waals surface area contributed by atoms with Crippen molar-refractivity contribution in [3.05, 3.63) is 24.3 Å². The Morgan fingerprint density at radius 2 is 2.09 bits per heavy atom. The topological polar surface area (TPSA) is 88.1 Å². The van der Waals surface area contributed by atoms with E-state index in [9.17, 15) is 9.59 Å². The number of benzene rings is 1. The van der Waals surface area contributed by atoms with Crippen molar-refractivity contribution in [2.24, 2.45) is 5.92 Å². The molecule has 0 saturated carbocycles. The number of nitrogens with one attached hydrogen (secondary N) is 1. The molecule has 1 aliphatic rings. The van der Waals surface area contributed by atoms with Crippen LogP contribution in [0.1, 0.15) is 13.3 Å². The molecular formula is C16H22N2O5. The molecule has 0 aromatic heterocycles. The molecule has 0 aliphatic carbocycles. The summed E-state index contributed by atoms with van der Waals surface area (Å²) in [5.41, 5.74) is 0. The van der Waals surface area contributed by atoms with Gasteiger partial charge < -0.3 is 24.8 Å². The Morgan fingerprint density at radius 3 is 2.70 bits per heavy atom. The SMILES string of the molecule is COc1ccccc1OC(C)CNC(=O)N1CCC(C(=O)O)C1. The summed E-state index contributed by atoms with van der Waals surface area (Å²) in [6.07, 6.45) is 0.254. The molecule has 2 amide bonds. The molecule has 0 spiro atoms. The fourth-order valence-electron chi connectivity index (χ4n) is 2.46. The minimum Gasteiger partial charge on any atom is -0.493 e. The predicted molar refractivity (Wildman–Crippen MR) is 83.8 cm³/mol. The summed E-state index contributed by atoms with van der Waals surface area (Å²) in [5, 5.41) is 11.7.